The van der Waals surface area contributed by atoms with Gasteiger partial charge in [-0.25, -0.2) is 0 Å². The highest BCUT2D eigenvalue weighted by Gasteiger charge is 2.42. The normalized spacial score (nSPS) is 20.8. The molecule has 32 heavy (non-hydrogen) atoms. The minimum absolute atomic E-state index is 0.155. The van der Waals surface area contributed by atoms with Crippen LogP contribution in [0.1, 0.15) is 47.1 Å². The summed E-state index contributed by atoms with van der Waals surface area (Å²) in [6, 6.07) is 13.2. The number of ether oxygens (including phenoxy) is 1. The van der Waals surface area contributed by atoms with E-state index in [0.717, 1.165) is 33.8 Å². The van der Waals surface area contributed by atoms with E-state index in [1.807, 2.05) is 70.3 Å². The molecule has 6 nitrogen and oxygen atoms in total. The van der Waals surface area contributed by atoms with Crippen LogP contribution in [0, 0.1) is 13.8 Å². The molecule has 0 aliphatic carbocycles. The zero-order valence-electron chi connectivity index (χ0n) is 18.8. The van der Waals surface area contributed by atoms with Crippen molar-refractivity contribution in [3.63, 3.8) is 0 Å². The molecule has 0 saturated carbocycles. The number of nitrogens with two attached hydrogens (primary N) is 1. The third kappa shape index (κ3) is 4.95. The van der Waals surface area contributed by atoms with Gasteiger partial charge in [-0.3, -0.25) is 14.8 Å². The Morgan fingerprint density at radius 1 is 1.19 bits per heavy atom. The molecule has 1 fully saturated rings. The predicted octanol–water partition coefficient (Wildman–Crippen LogP) is 4.42. The number of carbonyl (C=O) groups excluding carboxylic acids is 1. The van der Waals surface area contributed by atoms with Gasteiger partial charge in [0.05, 0.1) is 17.3 Å². The molecule has 1 unspecified atom stereocenters. The predicted molar refractivity (Wildman–Crippen MR) is 129 cm³/mol. The maximum Gasteiger partial charge on any atom is 0.251 e. The number of hydrogen-bond donors (Lipinski definition) is 2. The lowest BCUT2D eigenvalue weighted by Crippen LogP contribution is -2.59. The molecule has 0 spiro atoms. The summed E-state index contributed by atoms with van der Waals surface area (Å²) >= 11 is 1.66. The number of benzene rings is 1. The van der Waals surface area contributed by atoms with Gasteiger partial charge in [0.25, 0.3) is 5.91 Å². The Morgan fingerprint density at radius 3 is 2.59 bits per heavy atom. The Morgan fingerprint density at radius 2 is 2.00 bits per heavy atom. The molecule has 1 amide bonds. The lowest BCUT2D eigenvalue weighted by atomic mass is 10.0. The van der Waals surface area contributed by atoms with Gasteiger partial charge in [0.15, 0.2) is 5.44 Å². The fourth-order valence-electron chi connectivity index (χ4n) is 3.39. The van der Waals surface area contributed by atoms with Crippen molar-refractivity contribution >= 4 is 17.7 Å². The van der Waals surface area contributed by atoms with E-state index in [1.54, 1.807) is 24.0 Å². The summed E-state index contributed by atoms with van der Waals surface area (Å²) in [4.78, 5) is 22.0. The first-order chi connectivity index (χ1) is 15.2. The molecule has 1 aliphatic heterocycles. The van der Waals surface area contributed by atoms with E-state index in [4.69, 9.17) is 10.5 Å². The molecule has 1 aliphatic rings. The van der Waals surface area contributed by atoms with Crippen LogP contribution in [0.3, 0.4) is 0 Å². The van der Waals surface area contributed by atoms with E-state index in [0.29, 0.717) is 11.3 Å². The van der Waals surface area contributed by atoms with Crippen molar-refractivity contribution < 1.29 is 9.53 Å². The summed E-state index contributed by atoms with van der Waals surface area (Å²) in [6.07, 6.45) is 3.60. The SMILES string of the molecule is Cc1ccc(-c2cc(OC3SC[C@]3(C)N)cc(C(=O)N[C@H](C)c3ccc(C)nc3)c2)nc1. The van der Waals surface area contributed by atoms with Crippen LogP contribution in [-0.4, -0.2) is 32.6 Å². The van der Waals surface area contributed by atoms with Gasteiger partial charge >= 0.3 is 0 Å². The van der Waals surface area contributed by atoms with E-state index < -0.39 is 5.54 Å². The van der Waals surface area contributed by atoms with Gasteiger partial charge in [-0.15, -0.1) is 11.8 Å². The molecule has 166 valence electrons. The van der Waals surface area contributed by atoms with Gasteiger partial charge in [-0.05, 0) is 69.2 Å². The van der Waals surface area contributed by atoms with Crippen LogP contribution in [0.25, 0.3) is 11.3 Å². The standard InChI is InChI=1S/C25H28N4O2S/c1-15-5-8-22(28-12-15)19-9-20(11-21(10-19)31-24-25(4,26)14-32-24)23(30)29-17(3)18-7-6-16(2)27-13-18/h5-13,17,24H,14,26H2,1-4H3,(H,29,30)/t17-,24?,25+/m1/s1. The first-order valence-electron chi connectivity index (χ1n) is 10.6. The van der Waals surface area contributed by atoms with Crippen molar-refractivity contribution in [3.8, 4) is 17.0 Å². The summed E-state index contributed by atoms with van der Waals surface area (Å²) in [5.41, 5.74) is 10.8. The third-order valence-corrected chi connectivity index (χ3v) is 7.21. The highest BCUT2D eigenvalue weighted by Crippen LogP contribution is 2.38. The fourth-order valence-corrected chi connectivity index (χ4v) is 4.40. The largest absolute Gasteiger partial charge is 0.478 e. The molecule has 3 atom stereocenters. The first-order valence-corrected chi connectivity index (χ1v) is 11.6. The van der Waals surface area contributed by atoms with Crippen molar-refractivity contribution in [2.75, 3.05) is 5.75 Å². The van der Waals surface area contributed by atoms with Crippen molar-refractivity contribution in [1.29, 1.82) is 0 Å². The van der Waals surface area contributed by atoms with Crippen LogP contribution in [-0.2, 0) is 0 Å². The first kappa shape index (κ1) is 22.3. The topological polar surface area (TPSA) is 90.1 Å². The van der Waals surface area contributed by atoms with Crippen molar-refractivity contribution in [1.82, 2.24) is 15.3 Å². The van der Waals surface area contributed by atoms with Crippen molar-refractivity contribution in [2.45, 2.75) is 44.7 Å². The van der Waals surface area contributed by atoms with Gasteiger partial charge in [0.2, 0.25) is 0 Å². The fraction of sp³-hybridized carbons (Fsp3) is 0.320. The number of nitrogens with zero attached hydrogens (tertiary/aromatic N) is 2. The Bertz CT molecular complexity index is 1110. The summed E-state index contributed by atoms with van der Waals surface area (Å²) in [5, 5.41) is 3.06. The number of pyridine rings is 2. The summed E-state index contributed by atoms with van der Waals surface area (Å²) in [5.74, 6) is 1.26. The zero-order chi connectivity index (χ0) is 22.9. The Labute approximate surface area is 193 Å². The summed E-state index contributed by atoms with van der Waals surface area (Å²) in [6.45, 7) is 7.85. The van der Waals surface area contributed by atoms with Gasteiger partial charge < -0.3 is 15.8 Å². The monoisotopic (exact) mass is 448 g/mol. The molecule has 0 bridgehead atoms. The molecule has 3 aromatic rings. The molecule has 7 heteroatoms. The van der Waals surface area contributed by atoms with E-state index in [9.17, 15) is 4.79 Å². The number of hydrogen-bond acceptors (Lipinski definition) is 6. The maximum absolute atomic E-state index is 13.1. The van der Waals surface area contributed by atoms with E-state index >= 15 is 0 Å². The molecular formula is C25H28N4O2S. The highest BCUT2D eigenvalue weighted by molar-refractivity contribution is 8.01. The van der Waals surface area contributed by atoms with Crippen LogP contribution >= 0.6 is 11.8 Å². The second-order valence-corrected chi connectivity index (χ2v) is 9.71. The minimum atomic E-state index is -0.391. The molecule has 0 radical (unpaired) electrons. The number of aryl methyl sites for hydroxylation is 2. The van der Waals surface area contributed by atoms with Crippen molar-refractivity contribution in [2.24, 2.45) is 5.73 Å². The van der Waals surface area contributed by atoms with E-state index in [1.165, 1.54) is 0 Å². The summed E-state index contributed by atoms with van der Waals surface area (Å²) < 4.78 is 6.17. The lowest BCUT2D eigenvalue weighted by molar-refractivity contribution is 0.0939. The molecule has 1 aromatic carbocycles. The number of amides is 1. The molecule has 2 aromatic heterocycles. The summed E-state index contributed by atoms with van der Waals surface area (Å²) in [7, 11) is 0. The molecule has 3 N–H and O–H groups in total. The number of carbonyl (C=O) groups is 1. The van der Waals surface area contributed by atoms with Gasteiger partial charge in [-0.1, -0.05) is 12.1 Å². The second kappa shape index (κ2) is 8.92. The average molecular weight is 449 g/mol. The smallest absolute Gasteiger partial charge is 0.251 e. The van der Waals surface area contributed by atoms with Crippen molar-refractivity contribution in [3.05, 3.63) is 77.2 Å². The third-order valence-electron chi connectivity index (χ3n) is 5.48. The zero-order valence-corrected chi connectivity index (χ0v) is 19.6. The van der Waals surface area contributed by atoms with Gasteiger partial charge in [-0.2, -0.15) is 0 Å². The molecule has 1 saturated heterocycles. The minimum Gasteiger partial charge on any atom is -0.478 e. The highest BCUT2D eigenvalue weighted by atomic mass is 32.2. The molecule has 3 heterocycles. The number of thioether (sulfide) groups is 1. The maximum atomic E-state index is 13.1. The quantitative estimate of drug-likeness (QED) is 0.580. The van der Waals surface area contributed by atoms with Crippen LogP contribution in [0.15, 0.2) is 54.9 Å². The van der Waals surface area contributed by atoms with Crippen LogP contribution in [0.4, 0.5) is 0 Å². The molecular weight excluding hydrogens is 420 g/mol. The number of rotatable bonds is 6. The average Bonchev–Trinajstić information content (AvgIpc) is 2.77. The molecule has 4 rings (SSSR count). The number of aromatic nitrogens is 2. The van der Waals surface area contributed by atoms with Gasteiger partial charge in [0.1, 0.15) is 5.75 Å². The Hall–Kier alpha value is -2.90. The Kier molecular flexibility index (Phi) is 6.22. The van der Waals surface area contributed by atoms with E-state index in [-0.39, 0.29) is 17.4 Å². The number of nitrogens with one attached hydrogen (secondary N) is 1. The van der Waals surface area contributed by atoms with Crippen LogP contribution in [0.5, 0.6) is 5.75 Å². The van der Waals surface area contributed by atoms with E-state index in [2.05, 4.69) is 15.3 Å². The van der Waals surface area contributed by atoms with Crippen LogP contribution < -0.4 is 15.8 Å². The lowest BCUT2D eigenvalue weighted by Gasteiger charge is -2.42. The second-order valence-electron chi connectivity index (χ2n) is 8.66. The van der Waals surface area contributed by atoms with Gasteiger partial charge in [0, 0.05) is 35.0 Å². The van der Waals surface area contributed by atoms with Crippen LogP contribution in [0.2, 0.25) is 0 Å². The Balaban J connectivity index is 1.62.